The average molecular weight is 507 g/mol. The van der Waals surface area contributed by atoms with Crippen LogP contribution in [-0.4, -0.2) is 78.0 Å². The molecule has 0 saturated carbocycles. The molecule has 1 amide bonds. The first-order valence-electron chi connectivity index (χ1n) is 11.6. The highest BCUT2D eigenvalue weighted by Crippen LogP contribution is 2.35. The summed E-state index contributed by atoms with van der Waals surface area (Å²) in [7, 11) is 3.07. The van der Waals surface area contributed by atoms with Crippen molar-refractivity contribution in [3.63, 3.8) is 0 Å². The minimum atomic E-state index is -0.242. The van der Waals surface area contributed by atoms with Crippen LogP contribution in [0.2, 0.25) is 0 Å². The monoisotopic (exact) mass is 506 g/mol. The van der Waals surface area contributed by atoms with Crippen molar-refractivity contribution in [2.75, 3.05) is 52.0 Å². The lowest BCUT2D eigenvalue weighted by atomic mass is 10.1. The van der Waals surface area contributed by atoms with Gasteiger partial charge in [-0.25, -0.2) is 20.0 Å². The number of aromatic nitrogens is 4. The van der Waals surface area contributed by atoms with E-state index in [0.29, 0.717) is 68.0 Å². The third kappa shape index (κ3) is 4.99. The number of carbonyl (C=O) groups excluding carboxylic acids is 1. The largest absolute Gasteiger partial charge is 0.481 e. The number of ether oxygens (including phenoxy) is 2. The Bertz CT molecular complexity index is 1330. The fraction of sp³-hybridized carbons (Fsp3) is 0.320. The molecule has 0 unspecified atom stereocenters. The summed E-state index contributed by atoms with van der Waals surface area (Å²) in [4.78, 5) is 40.3. The van der Waals surface area contributed by atoms with E-state index in [4.69, 9.17) is 24.3 Å². The summed E-state index contributed by atoms with van der Waals surface area (Å²) in [6, 6.07) is 9.36. The average Bonchev–Trinajstić information content (AvgIpc) is 3.38. The maximum atomic E-state index is 13.6. The second kappa shape index (κ2) is 10.9. The molecule has 186 valence electrons. The number of methoxy groups -OCH3 is 1. The number of hydrogen-bond acceptors (Lipinski definition) is 10. The summed E-state index contributed by atoms with van der Waals surface area (Å²) in [5, 5.41) is 3.91. The molecule has 1 aliphatic rings. The third-order valence-electron chi connectivity index (χ3n) is 5.91. The van der Waals surface area contributed by atoms with Gasteiger partial charge in [0, 0.05) is 36.9 Å². The van der Waals surface area contributed by atoms with Crippen molar-refractivity contribution in [1.29, 1.82) is 0 Å². The SMILES string of the molecule is COc1ccc(CCN(OC)C(=O)c2csc3nc(-c4ccccn4)nc(N4CCOCC4)c23)cn1. The number of pyridine rings is 2. The van der Waals surface area contributed by atoms with Crippen molar-refractivity contribution >= 4 is 33.3 Å². The molecule has 4 aromatic heterocycles. The minimum absolute atomic E-state index is 0.242. The molecule has 5 heterocycles. The molecule has 0 aliphatic carbocycles. The lowest BCUT2D eigenvalue weighted by Crippen LogP contribution is -2.37. The second-order valence-electron chi connectivity index (χ2n) is 8.06. The van der Waals surface area contributed by atoms with Gasteiger partial charge in [0.15, 0.2) is 5.82 Å². The first-order chi connectivity index (χ1) is 17.7. The van der Waals surface area contributed by atoms with E-state index < -0.39 is 0 Å². The van der Waals surface area contributed by atoms with Gasteiger partial charge in [-0.05, 0) is 24.1 Å². The number of nitrogens with zero attached hydrogens (tertiary/aromatic N) is 6. The number of carbonyl (C=O) groups is 1. The number of hydroxylamine groups is 2. The van der Waals surface area contributed by atoms with Gasteiger partial charge in [0.25, 0.3) is 5.91 Å². The molecule has 0 atom stereocenters. The first-order valence-corrected chi connectivity index (χ1v) is 12.4. The molecule has 5 rings (SSSR count). The van der Waals surface area contributed by atoms with Crippen LogP contribution >= 0.6 is 11.3 Å². The van der Waals surface area contributed by atoms with E-state index in [0.717, 1.165) is 15.8 Å². The van der Waals surface area contributed by atoms with Gasteiger partial charge in [0.1, 0.15) is 16.3 Å². The van der Waals surface area contributed by atoms with Crippen LogP contribution in [0.3, 0.4) is 0 Å². The first kappa shape index (κ1) is 24.0. The zero-order chi connectivity index (χ0) is 24.9. The van der Waals surface area contributed by atoms with Crippen LogP contribution in [-0.2, 0) is 16.0 Å². The molecule has 4 aromatic rings. The molecular weight excluding hydrogens is 480 g/mol. The van der Waals surface area contributed by atoms with Crippen molar-refractivity contribution in [3.05, 3.63) is 59.2 Å². The molecular formula is C25H26N6O4S. The normalized spacial score (nSPS) is 13.7. The van der Waals surface area contributed by atoms with Gasteiger partial charge < -0.3 is 14.4 Å². The standard InChI is InChI=1S/C25H26N6O4S/c1-33-20-7-6-17(15-27-20)8-10-31(34-2)25(32)18-16-36-24-21(18)23(30-11-13-35-14-12-30)28-22(29-24)19-5-3-4-9-26-19/h3-7,9,15-16H,8,10-14H2,1-2H3. The van der Waals surface area contributed by atoms with Crippen molar-refractivity contribution in [3.8, 4) is 17.4 Å². The molecule has 0 radical (unpaired) electrons. The van der Waals surface area contributed by atoms with Crippen molar-refractivity contribution in [1.82, 2.24) is 25.0 Å². The summed E-state index contributed by atoms with van der Waals surface area (Å²) >= 11 is 1.41. The lowest BCUT2D eigenvalue weighted by molar-refractivity contribution is -0.0941. The fourth-order valence-electron chi connectivity index (χ4n) is 4.01. The quantitative estimate of drug-likeness (QED) is 0.333. The Kier molecular flexibility index (Phi) is 7.31. The molecule has 0 N–H and O–H groups in total. The lowest BCUT2D eigenvalue weighted by Gasteiger charge is -2.29. The number of fused-ring (bicyclic) bond motifs is 1. The number of morpholine rings is 1. The number of hydrogen-bond donors (Lipinski definition) is 0. The van der Waals surface area contributed by atoms with Gasteiger partial charge in [-0.3, -0.25) is 14.6 Å². The van der Waals surface area contributed by atoms with Crippen LogP contribution in [0.1, 0.15) is 15.9 Å². The van der Waals surface area contributed by atoms with E-state index in [2.05, 4.69) is 14.9 Å². The highest BCUT2D eigenvalue weighted by Gasteiger charge is 2.27. The van der Waals surface area contributed by atoms with E-state index in [1.165, 1.54) is 23.5 Å². The summed E-state index contributed by atoms with van der Waals surface area (Å²) in [5.74, 6) is 1.54. The van der Waals surface area contributed by atoms with Gasteiger partial charge >= 0.3 is 0 Å². The molecule has 36 heavy (non-hydrogen) atoms. The van der Waals surface area contributed by atoms with Gasteiger partial charge in [0.2, 0.25) is 5.88 Å². The predicted molar refractivity (Wildman–Crippen MR) is 136 cm³/mol. The molecule has 0 spiro atoms. The van der Waals surface area contributed by atoms with E-state index in [1.807, 2.05) is 29.6 Å². The Morgan fingerprint density at radius 2 is 2.00 bits per heavy atom. The molecule has 1 saturated heterocycles. The Morgan fingerprint density at radius 3 is 2.69 bits per heavy atom. The summed E-state index contributed by atoms with van der Waals surface area (Å²) < 4.78 is 10.7. The van der Waals surface area contributed by atoms with Crippen LogP contribution in [0.5, 0.6) is 5.88 Å². The van der Waals surface area contributed by atoms with E-state index in [-0.39, 0.29) is 5.91 Å². The van der Waals surface area contributed by atoms with Gasteiger partial charge in [-0.1, -0.05) is 12.1 Å². The van der Waals surface area contributed by atoms with Crippen LogP contribution < -0.4 is 9.64 Å². The Hall–Kier alpha value is -3.67. The van der Waals surface area contributed by atoms with Gasteiger partial charge in [-0.15, -0.1) is 11.3 Å². The third-order valence-corrected chi connectivity index (χ3v) is 6.78. The van der Waals surface area contributed by atoms with Crippen molar-refractivity contribution < 1.29 is 19.1 Å². The molecule has 10 nitrogen and oxygen atoms in total. The topological polar surface area (TPSA) is 103 Å². The van der Waals surface area contributed by atoms with Crippen LogP contribution in [0.4, 0.5) is 5.82 Å². The number of rotatable bonds is 8. The Labute approximate surface area is 212 Å². The summed E-state index contributed by atoms with van der Waals surface area (Å²) in [5.41, 5.74) is 2.17. The van der Waals surface area contributed by atoms with Crippen LogP contribution in [0.15, 0.2) is 48.1 Å². The Balaban J connectivity index is 1.48. The summed E-state index contributed by atoms with van der Waals surface area (Å²) in [6.45, 7) is 2.90. The van der Waals surface area contributed by atoms with Crippen molar-refractivity contribution in [2.24, 2.45) is 0 Å². The molecule has 1 fully saturated rings. The summed E-state index contributed by atoms with van der Waals surface area (Å²) in [6.07, 6.45) is 4.03. The number of anilines is 1. The van der Waals surface area contributed by atoms with Gasteiger partial charge in [-0.2, -0.15) is 0 Å². The van der Waals surface area contributed by atoms with Gasteiger partial charge in [0.05, 0.1) is 44.9 Å². The number of thiophene rings is 1. The second-order valence-corrected chi connectivity index (χ2v) is 8.92. The van der Waals surface area contributed by atoms with Crippen LogP contribution in [0.25, 0.3) is 21.7 Å². The minimum Gasteiger partial charge on any atom is -0.481 e. The molecule has 0 aromatic carbocycles. The van der Waals surface area contributed by atoms with Crippen molar-refractivity contribution in [2.45, 2.75) is 6.42 Å². The maximum Gasteiger partial charge on any atom is 0.279 e. The van der Waals surface area contributed by atoms with E-state index in [9.17, 15) is 4.79 Å². The maximum absolute atomic E-state index is 13.6. The zero-order valence-corrected chi connectivity index (χ0v) is 20.9. The zero-order valence-electron chi connectivity index (χ0n) is 20.1. The predicted octanol–water partition coefficient (Wildman–Crippen LogP) is 3.24. The Morgan fingerprint density at radius 1 is 1.14 bits per heavy atom. The molecule has 11 heteroatoms. The number of amides is 1. The smallest absolute Gasteiger partial charge is 0.279 e. The molecule has 0 bridgehead atoms. The fourth-order valence-corrected chi connectivity index (χ4v) is 4.92. The van der Waals surface area contributed by atoms with E-state index >= 15 is 0 Å². The van der Waals surface area contributed by atoms with E-state index in [1.54, 1.807) is 25.6 Å². The highest BCUT2D eigenvalue weighted by molar-refractivity contribution is 7.17. The highest BCUT2D eigenvalue weighted by atomic mass is 32.1. The van der Waals surface area contributed by atoms with Crippen LogP contribution in [0, 0.1) is 0 Å². The molecule has 1 aliphatic heterocycles.